The Morgan fingerprint density at radius 1 is 1.20 bits per heavy atom. The molecule has 2 aromatic rings. The van der Waals surface area contributed by atoms with Crippen LogP contribution in [0.2, 0.25) is 0 Å². The maximum atomic E-state index is 12.4. The van der Waals surface area contributed by atoms with E-state index in [9.17, 15) is 8.42 Å². The zero-order valence-electron chi connectivity index (χ0n) is 18.0. The minimum Gasteiger partial charge on any atom is -0.383 e. The normalized spacial score (nSPS) is 12.2. The molecule has 0 aliphatic rings. The van der Waals surface area contributed by atoms with Gasteiger partial charge in [-0.1, -0.05) is 31.1 Å². The fourth-order valence-electron chi connectivity index (χ4n) is 2.90. The lowest BCUT2D eigenvalue weighted by atomic mass is 10.1. The zero-order chi connectivity index (χ0) is 22.0. The van der Waals surface area contributed by atoms with Gasteiger partial charge in [0.05, 0.1) is 17.2 Å². The lowest BCUT2D eigenvalue weighted by Crippen LogP contribution is -2.36. The molecular formula is C20H31N5O4S. The molecule has 1 aromatic heterocycles. The SMILES string of the molecule is CCc1noc(CC)c1CNC(=NC)NCc1cccc(S(=O)(=O)NCCOC)c1. The van der Waals surface area contributed by atoms with E-state index in [1.807, 2.05) is 19.9 Å². The maximum absolute atomic E-state index is 12.4. The zero-order valence-corrected chi connectivity index (χ0v) is 18.8. The Balaban J connectivity index is 1.98. The van der Waals surface area contributed by atoms with E-state index in [2.05, 4.69) is 25.5 Å². The lowest BCUT2D eigenvalue weighted by Gasteiger charge is -2.13. The van der Waals surface area contributed by atoms with Crippen molar-refractivity contribution in [2.45, 2.75) is 44.7 Å². The Labute approximate surface area is 178 Å². The number of benzene rings is 1. The van der Waals surface area contributed by atoms with Gasteiger partial charge in [-0.2, -0.15) is 0 Å². The minimum atomic E-state index is -3.58. The van der Waals surface area contributed by atoms with E-state index in [4.69, 9.17) is 9.26 Å². The number of aromatic nitrogens is 1. The van der Waals surface area contributed by atoms with Crippen molar-refractivity contribution in [3.05, 3.63) is 46.8 Å². The number of nitrogens with one attached hydrogen (secondary N) is 3. The summed E-state index contributed by atoms with van der Waals surface area (Å²) in [6, 6.07) is 6.78. The van der Waals surface area contributed by atoms with Crippen molar-refractivity contribution in [3.8, 4) is 0 Å². The highest BCUT2D eigenvalue weighted by Crippen LogP contribution is 2.15. The molecule has 0 fully saturated rings. The molecule has 0 spiro atoms. The van der Waals surface area contributed by atoms with Crippen LogP contribution in [0.1, 0.15) is 36.4 Å². The third kappa shape index (κ3) is 6.54. The molecule has 0 saturated carbocycles. The second kappa shape index (κ2) is 11.7. The number of nitrogens with zero attached hydrogens (tertiary/aromatic N) is 2. The molecule has 0 amide bonds. The van der Waals surface area contributed by atoms with Gasteiger partial charge in [-0.05, 0) is 24.1 Å². The number of ether oxygens (including phenoxy) is 1. The van der Waals surface area contributed by atoms with Crippen LogP contribution in [0, 0.1) is 0 Å². The van der Waals surface area contributed by atoms with Crippen LogP contribution in [0.15, 0.2) is 38.7 Å². The van der Waals surface area contributed by atoms with E-state index in [-0.39, 0.29) is 11.4 Å². The third-order valence-corrected chi connectivity index (χ3v) is 5.99. The van der Waals surface area contributed by atoms with Gasteiger partial charge in [-0.15, -0.1) is 0 Å². The molecule has 0 saturated heterocycles. The van der Waals surface area contributed by atoms with Gasteiger partial charge in [0.25, 0.3) is 0 Å². The summed E-state index contributed by atoms with van der Waals surface area (Å²) in [6.07, 6.45) is 1.57. The molecule has 30 heavy (non-hydrogen) atoms. The summed E-state index contributed by atoms with van der Waals surface area (Å²) in [5.74, 6) is 1.47. The Bertz CT molecular complexity index is 919. The molecule has 9 nitrogen and oxygen atoms in total. The van der Waals surface area contributed by atoms with Crippen molar-refractivity contribution in [2.75, 3.05) is 27.3 Å². The smallest absolute Gasteiger partial charge is 0.240 e. The van der Waals surface area contributed by atoms with Crippen LogP contribution in [0.25, 0.3) is 0 Å². The van der Waals surface area contributed by atoms with Gasteiger partial charge >= 0.3 is 0 Å². The quantitative estimate of drug-likeness (QED) is 0.278. The summed E-state index contributed by atoms with van der Waals surface area (Å²) in [6.45, 7) is 5.58. The van der Waals surface area contributed by atoms with E-state index < -0.39 is 10.0 Å². The van der Waals surface area contributed by atoms with Crippen LogP contribution >= 0.6 is 0 Å². The summed E-state index contributed by atoms with van der Waals surface area (Å²) in [4.78, 5) is 4.45. The highest BCUT2D eigenvalue weighted by molar-refractivity contribution is 7.89. The Morgan fingerprint density at radius 2 is 1.97 bits per heavy atom. The number of rotatable bonds is 11. The molecule has 166 valence electrons. The fourth-order valence-corrected chi connectivity index (χ4v) is 3.98. The van der Waals surface area contributed by atoms with Gasteiger partial charge < -0.3 is 19.9 Å². The summed E-state index contributed by atoms with van der Waals surface area (Å²) < 4.78 is 37.5. The molecule has 0 atom stereocenters. The van der Waals surface area contributed by atoms with Gasteiger partial charge in [0, 0.05) is 45.8 Å². The predicted molar refractivity (Wildman–Crippen MR) is 116 cm³/mol. The largest absolute Gasteiger partial charge is 0.383 e. The van der Waals surface area contributed by atoms with Crippen LogP contribution in [0.5, 0.6) is 0 Å². The van der Waals surface area contributed by atoms with Crippen molar-refractivity contribution < 1.29 is 17.7 Å². The van der Waals surface area contributed by atoms with Crippen molar-refractivity contribution >= 4 is 16.0 Å². The molecule has 0 bridgehead atoms. The monoisotopic (exact) mass is 437 g/mol. The van der Waals surface area contributed by atoms with Gasteiger partial charge in [-0.3, -0.25) is 4.99 Å². The van der Waals surface area contributed by atoms with Crippen molar-refractivity contribution in [1.29, 1.82) is 0 Å². The highest BCUT2D eigenvalue weighted by atomic mass is 32.2. The molecule has 0 unspecified atom stereocenters. The number of sulfonamides is 1. The average Bonchev–Trinajstić information content (AvgIpc) is 3.16. The van der Waals surface area contributed by atoms with Gasteiger partial charge in [-0.25, -0.2) is 13.1 Å². The molecule has 3 N–H and O–H groups in total. The first-order chi connectivity index (χ1) is 14.4. The van der Waals surface area contributed by atoms with E-state index in [1.54, 1.807) is 25.2 Å². The van der Waals surface area contributed by atoms with Crippen LogP contribution in [0.4, 0.5) is 0 Å². The summed E-state index contributed by atoms with van der Waals surface area (Å²) >= 11 is 0. The third-order valence-electron chi connectivity index (χ3n) is 4.53. The highest BCUT2D eigenvalue weighted by Gasteiger charge is 2.15. The van der Waals surface area contributed by atoms with Crippen molar-refractivity contribution in [3.63, 3.8) is 0 Å². The number of methoxy groups -OCH3 is 1. The minimum absolute atomic E-state index is 0.213. The van der Waals surface area contributed by atoms with Crippen molar-refractivity contribution in [1.82, 2.24) is 20.5 Å². The van der Waals surface area contributed by atoms with Crippen LogP contribution in [-0.2, 0) is 40.7 Å². The molecule has 1 aromatic carbocycles. The van der Waals surface area contributed by atoms with E-state index >= 15 is 0 Å². The van der Waals surface area contributed by atoms with Crippen LogP contribution in [0.3, 0.4) is 0 Å². The molecule has 10 heteroatoms. The standard InChI is InChI=1S/C20H31N5O4S/c1-5-18-17(19(6-2)29-25-18)14-23-20(21-3)22-13-15-8-7-9-16(12-15)30(26,27)24-10-11-28-4/h7-9,12,24H,5-6,10-11,13-14H2,1-4H3,(H2,21,22,23). The van der Waals surface area contributed by atoms with Crippen molar-refractivity contribution in [2.24, 2.45) is 4.99 Å². The van der Waals surface area contributed by atoms with E-state index in [0.717, 1.165) is 35.4 Å². The first-order valence-corrected chi connectivity index (χ1v) is 11.4. The summed E-state index contributed by atoms with van der Waals surface area (Å²) in [5, 5.41) is 10.6. The Morgan fingerprint density at radius 3 is 2.63 bits per heavy atom. The van der Waals surface area contributed by atoms with Crippen LogP contribution in [-0.4, -0.2) is 46.8 Å². The average molecular weight is 438 g/mol. The molecule has 0 aliphatic carbocycles. The molecule has 0 radical (unpaired) electrons. The van der Waals surface area contributed by atoms with E-state index in [1.165, 1.54) is 7.11 Å². The van der Waals surface area contributed by atoms with Gasteiger partial charge in [0.15, 0.2) is 5.96 Å². The molecule has 0 aliphatic heterocycles. The van der Waals surface area contributed by atoms with Gasteiger partial charge in [0.1, 0.15) is 5.76 Å². The summed E-state index contributed by atoms with van der Waals surface area (Å²) in [7, 11) is -0.365. The second-order valence-corrected chi connectivity index (χ2v) is 8.32. The lowest BCUT2D eigenvalue weighted by molar-refractivity contribution is 0.204. The Hall–Kier alpha value is -2.43. The number of guanidine groups is 1. The maximum Gasteiger partial charge on any atom is 0.240 e. The first kappa shape index (κ1) is 23.8. The molecule has 2 rings (SSSR count). The number of aliphatic imine (C=N–C) groups is 1. The Kier molecular flexibility index (Phi) is 9.28. The number of hydrogen-bond acceptors (Lipinski definition) is 6. The predicted octanol–water partition coefficient (Wildman–Crippen LogP) is 1.59. The van der Waals surface area contributed by atoms with Gasteiger partial charge in [0.2, 0.25) is 10.0 Å². The topological polar surface area (TPSA) is 118 Å². The van der Waals surface area contributed by atoms with Crippen LogP contribution < -0.4 is 15.4 Å². The fraction of sp³-hybridized carbons (Fsp3) is 0.500. The number of hydrogen-bond donors (Lipinski definition) is 3. The second-order valence-electron chi connectivity index (χ2n) is 6.56. The molecular weight excluding hydrogens is 406 g/mol. The first-order valence-electron chi connectivity index (χ1n) is 9.93. The summed E-state index contributed by atoms with van der Waals surface area (Å²) in [5.41, 5.74) is 2.81. The van der Waals surface area contributed by atoms with E-state index in [0.29, 0.717) is 25.7 Å². The number of aryl methyl sites for hydroxylation is 2. The molecule has 1 heterocycles.